The molecule has 0 saturated carbocycles. The van der Waals surface area contributed by atoms with Gasteiger partial charge in [-0.25, -0.2) is 0 Å². The average Bonchev–Trinajstić information content (AvgIpc) is 2.60. The molecule has 6 heteroatoms. The highest BCUT2D eigenvalue weighted by Crippen LogP contribution is 2.31. The van der Waals surface area contributed by atoms with Gasteiger partial charge in [0.15, 0.2) is 0 Å². The first-order valence-corrected chi connectivity index (χ1v) is 4.98. The van der Waals surface area contributed by atoms with Gasteiger partial charge in [0.1, 0.15) is 6.10 Å². The zero-order valence-electron chi connectivity index (χ0n) is 9.77. The summed E-state index contributed by atoms with van der Waals surface area (Å²) in [4.78, 5) is 0. The minimum atomic E-state index is 0. The van der Waals surface area contributed by atoms with Gasteiger partial charge in [0.2, 0.25) is 0 Å². The van der Waals surface area contributed by atoms with Crippen molar-refractivity contribution in [2.75, 3.05) is 6.61 Å². The van der Waals surface area contributed by atoms with Gasteiger partial charge < -0.3 is 10.5 Å². The van der Waals surface area contributed by atoms with E-state index >= 15 is 0 Å². The van der Waals surface area contributed by atoms with E-state index in [9.17, 15) is 0 Å². The van der Waals surface area contributed by atoms with Gasteiger partial charge in [-0.1, -0.05) is 0 Å². The number of aryl methyl sites for hydroxylation is 2. The van der Waals surface area contributed by atoms with Crippen LogP contribution in [0.5, 0.6) is 0 Å². The number of nitrogens with two attached hydrogens (primary N) is 1. The van der Waals surface area contributed by atoms with Crippen LogP contribution in [-0.4, -0.2) is 22.4 Å². The predicted molar refractivity (Wildman–Crippen MR) is 68.5 cm³/mol. The topological polar surface area (TPSA) is 53.1 Å². The molecule has 94 valence electrons. The molecule has 0 amide bonds. The van der Waals surface area contributed by atoms with E-state index in [-0.39, 0.29) is 37.0 Å². The van der Waals surface area contributed by atoms with Crippen molar-refractivity contribution >= 4 is 24.8 Å². The first-order chi connectivity index (χ1) is 6.61. The number of nitrogens with zero attached hydrogens (tertiary/aromatic N) is 2. The SMILES string of the molecule is Cc1nn(C)c(C)c1[C@@H]1OCC[C@H]1N.Cl.Cl. The molecule has 0 spiro atoms. The number of hydrogen-bond acceptors (Lipinski definition) is 3. The van der Waals surface area contributed by atoms with Crippen molar-refractivity contribution in [1.29, 1.82) is 0 Å². The number of ether oxygens (including phenoxy) is 1. The third-order valence-electron chi connectivity index (χ3n) is 2.99. The fourth-order valence-electron chi connectivity index (χ4n) is 2.11. The Kier molecular flexibility index (Phi) is 5.76. The zero-order valence-corrected chi connectivity index (χ0v) is 11.4. The summed E-state index contributed by atoms with van der Waals surface area (Å²) in [7, 11) is 1.95. The van der Waals surface area contributed by atoms with E-state index < -0.39 is 0 Å². The van der Waals surface area contributed by atoms with Crippen LogP contribution >= 0.6 is 24.8 Å². The van der Waals surface area contributed by atoms with Crippen LogP contribution in [0.25, 0.3) is 0 Å². The highest BCUT2D eigenvalue weighted by molar-refractivity contribution is 5.85. The maximum Gasteiger partial charge on any atom is 0.101 e. The average molecular weight is 268 g/mol. The quantitative estimate of drug-likeness (QED) is 0.843. The Morgan fingerprint density at radius 2 is 2.00 bits per heavy atom. The summed E-state index contributed by atoms with van der Waals surface area (Å²) in [5, 5.41) is 4.37. The third kappa shape index (κ3) is 2.51. The molecule has 2 heterocycles. The van der Waals surface area contributed by atoms with Gasteiger partial charge >= 0.3 is 0 Å². The largest absolute Gasteiger partial charge is 0.372 e. The fraction of sp³-hybridized carbons (Fsp3) is 0.700. The van der Waals surface area contributed by atoms with Gasteiger partial charge in [-0.3, -0.25) is 4.68 Å². The maximum atomic E-state index is 6.00. The molecule has 0 unspecified atom stereocenters. The van der Waals surface area contributed by atoms with E-state index in [0.29, 0.717) is 0 Å². The van der Waals surface area contributed by atoms with Crippen LogP contribution in [0.3, 0.4) is 0 Å². The maximum absolute atomic E-state index is 6.00. The Labute approximate surface area is 108 Å². The van der Waals surface area contributed by atoms with Gasteiger partial charge in [-0.05, 0) is 20.3 Å². The lowest BCUT2D eigenvalue weighted by atomic mass is 10.0. The van der Waals surface area contributed by atoms with Gasteiger partial charge in [0.05, 0.1) is 5.69 Å². The standard InChI is InChI=1S/C10H17N3O.2ClH/c1-6-9(7(2)13(3)12-6)10-8(11)4-5-14-10;;/h8,10H,4-5,11H2,1-3H3;2*1H/t8-,10-;;/m1../s1. The summed E-state index contributed by atoms with van der Waals surface area (Å²) in [5.74, 6) is 0. The summed E-state index contributed by atoms with van der Waals surface area (Å²) >= 11 is 0. The van der Waals surface area contributed by atoms with Gasteiger partial charge in [0.25, 0.3) is 0 Å². The van der Waals surface area contributed by atoms with E-state index in [1.807, 2.05) is 18.7 Å². The molecular weight excluding hydrogens is 249 g/mol. The number of hydrogen-bond donors (Lipinski definition) is 1. The van der Waals surface area contributed by atoms with Crippen LogP contribution in [-0.2, 0) is 11.8 Å². The Hall–Kier alpha value is -0.290. The second-order valence-corrected chi connectivity index (χ2v) is 3.95. The number of rotatable bonds is 1. The van der Waals surface area contributed by atoms with Gasteiger partial charge in [0, 0.05) is 31.0 Å². The molecule has 0 aliphatic carbocycles. The summed E-state index contributed by atoms with van der Waals surface area (Å²) in [5.41, 5.74) is 9.37. The smallest absolute Gasteiger partial charge is 0.101 e. The Morgan fingerprint density at radius 1 is 1.38 bits per heavy atom. The summed E-state index contributed by atoms with van der Waals surface area (Å²) < 4.78 is 7.54. The van der Waals surface area contributed by atoms with Crippen molar-refractivity contribution in [3.8, 4) is 0 Å². The first-order valence-electron chi connectivity index (χ1n) is 4.98. The lowest BCUT2D eigenvalue weighted by Gasteiger charge is -2.15. The van der Waals surface area contributed by atoms with Crippen LogP contribution in [0.2, 0.25) is 0 Å². The van der Waals surface area contributed by atoms with E-state index in [1.54, 1.807) is 0 Å². The molecule has 2 N–H and O–H groups in total. The predicted octanol–water partition coefficient (Wildman–Crippen LogP) is 1.67. The normalized spacial score (nSPS) is 23.8. The molecule has 0 aromatic carbocycles. The van der Waals surface area contributed by atoms with E-state index in [4.69, 9.17) is 10.5 Å². The molecule has 1 aliphatic heterocycles. The Morgan fingerprint density at radius 3 is 2.38 bits per heavy atom. The molecule has 2 rings (SSSR count). The fourth-order valence-corrected chi connectivity index (χ4v) is 2.11. The van der Waals surface area contributed by atoms with E-state index in [0.717, 1.165) is 24.4 Å². The first kappa shape index (κ1) is 15.7. The van der Waals surface area contributed by atoms with Crippen LogP contribution in [0.15, 0.2) is 0 Å². The van der Waals surface area contributed by atoms with Crippen LogP contribution in [0, 0.1) is 13.8 Å². The number of halogens is 2. The van der Waals surface area contributed by atoms with Crippen molar-refractivity contribution in [3.63, 3.8) is 0 Å². The molecule has 1 fully saturated rings. The highest BCUT2D eigenvalue weighted by atomic mass is 35.5. The monoisotopic (exact) mass is 267 g/mol. The lowest BCUT2D eigenvalue weighted by molar-refractivity contribution is 0.104. The molecule has 0 radical (unpaired) electrons. The third-order valence-corrected chi connectivity index (χ3v) is 2.99. The molecule has 0 bridgehead atoms. The zero-order chi connectivity index (χ0) is 10.3. The van der Waals surface area contributed by atoms with Crippen LogP contribution < -0.4 is 5.73 Å². The summed E-state index contributed by atoms with van der Waals surface area (Å²) in [6, 6.07) is 0.122. The molecule has 1 aromatic heterocycles. The molecule has 2 atom stereocenters. The van der Waals surface area contributed by atoms with Crippen LogP contribution in [0.1, 0.15) is 29.5 Å². The van der Waals surface area contributed by atoms with E-state index in [1.165, 1.54) is 5.56 Å². The van der Waals surface area contributed by atoms with Crippen LogP contribution in [0.4, 0.5) is 0 Å². The molecule has 1 aliphatic rings. The molecule has 4 nitrogen and oxygen atoms in total. The van der Waals surface area contributed by atoms with Gasteiger partial charge in [-0.2, -0.15) is 5.10 Å². The Balaban J connectivity index is 0.00000112. The van der Waals surface area contributed by atoms with Crippen molar-refractivity contribution in [2.24, 2.45) is 12.8 Å². The van der Waals surface area contributed by atoms with Crippen molar-refractivity contribution in [2.45, 2.75) is 32.4 Å². The van der Waals surface area contributed by atoms with Gasteiger partial charge in [-0.15, -0.1) is 24.8 Å². The van der Waals surface area contributed by atoms with Crippen molar-refractivity contribution in [1.82, 2.24) is 9.78 Å². The van der Waals surface area contributed by atoms with Crippen molar-refractivity contribution in [3.05, 3.63) is 17.0 Å². The second-order valence-electron chi connectivity index (χ2n) is 3.95. The minimum Gasteiger partial charge on any atom is -0.372 e. The highest BCUT2D eigenvalue weighted by Gasteiger charge is 2.30. The molecule has 1 aromatic rings. The molecule has 1 saturated heterocycles. The molecular formula is C10H19Cl2N3O. The number of aromatic nitrogens is 2. The molecule has 16 heavy (non-hydrogen) atoms. The summed E-state index contributed by atoms with van der Waals surface area (Å²) in [6.07, 6.45) is 0.988. The minimum absolute atomic E-state index is 0. The summed E-state index contributed by atoms with van der Waals surface area (Å²) in [6.45, 7) is 4.83. The second kappa shape index (κ2) is 5.87. The lowest BCUT2D eigenvalue weighted by Crippen LogP contribution is -2.24. The Bertz CT molecular complexity index is 354. The van der Waals surface area contributed by atoms with E-state index in [2.05, 4.69) is 12.0 Å². The van der Waals surface area contributed by atoms with Crippen molar-refractivity contribution < 1.29 is 4.74 Å².